The SMILES string of the molecule is CN1CCCC(NC(=O)c2ccccn2)C1. The molecule has 2 rings (SSSR count). The summed E-state index contributed by atoms with van der Waals surface area (Å²) >= 11 is 0. The Bertz CT molecular complexity index is 353. The van der Waals surface area contributed by atoms with E-state index in [1.807, 2.05) is 12.1 Å². The number of piperidine rings is 1. The molecule has 1 aliphatic rings. The third-order valence-electron chi connectivity index (χ3n) is 2.86. The highest BCUT2D eigenvalue weighted by atomic mass is 16.1. The molecule has 1 fully saturated rings. The van der Waals surface area contributed by atoms with Crippen molar-refractivity contribution in [1.82, 2.24) is 15.2 Å². The maximum atomic E-state index is 11.8. The number of carbonyl (C=O) groups excluding carboxylic acids is 1. The fourth-order valence-corrected chi connectivity index (χ4v) is 2.04. The lowest BCUT2D eigenvalue weighted by atomic mass is 10.1. The molecule has 1 unspecified atom stereocenters. The molecule has 86 valence electrons. The highest BCUT2D eigenvalue weighted by molar-refractivity contribution is 5.92. The monoisotopic (exact) mass is 219 g/mol. The Morgan fingerprint density at radius 2 is 2.44 bits per heavy atom. The molecule has 1 atom stereocenters. The molecule has 1 saturated heterocycles. The van der Waals surface area contributed by atoms with Crippen molar-refractivity contribution in [3.63, 3.8) is 0 Å². The topological polar surface area (TPSA) is 45.2 Å². The van der Waals surface area contributed by atoms with Gasteiger partial charge in [-0.1, -0.05) is 6.07 Å². The van der Waals surface area contributed by atoms with E-state index in [0.717, 1.165) is 25.9 Å². The van der Waals surface area contributed by atoms with E-state index in [1.165, 1.54) is 0 Å². The maximum Gasteiger partial charge on any atom is 0.270 e. The fraction of sp³-hybridized carbons (Fsp3) is 0.500. The average Bonchev–Trinajstić information content (AvgIpc) is 2.30. The summed E-state index contributed by atoms with van der Waals surface area (Å²) < 4.78 is 0. The number of amides is 1. The number of hydrogen-bond donors (Lipinski definition) is 1. The van der Waals surface area contributed by atoms with Crippen LogP contribution in [0, 0.1) is 0 Å². The van der Waals surface area contributed by atoms with Gasteiger partial charge in [-0.2, -0.15) is 0 Å². The Morgan fingerprint density at radius 1 is 1.56 bits per heavy atom. The summed E-state index contributed by atoms with van der Waals surface area (Å²) in [6.07, 6.45) is 3.84. The lowest BCUT2D eigenvalue weighted by Gasteiger charge is -2.30. The van der Waals surface area contributed by atoms with E-state index < -0.39 is 0 Å². The van der Waals surface area contributed by atoms with Gasteiger partial charge in [-0.05, 0) is 38.6 Å². The van der Waals surface area contributed by atoms with Gasteiger partial charge in [0.25, 0.3) is 5.91 Å². The zero-order valence-electron chi connectivity index (χ0n) is 9.52. The third kappa shape index (κ3) is 2.79. The number of nitrogens with zero attached hydrogens (tertiary/aromatic N) is 2. The molecule has 0 radical (unpaired) electrons. The number of hydrogen-bond acceptors (Lipinski definition) is 3. The molecular formula is C12H17N3O. The lowest BCUT2D eigenvalue weighted by Crippen LogP contribution is -2.46. The van der Waals surface area contributed by atoms with Crippen LogP contribution in [0.3, 0.4) is 0 Å². The van der Waals surface area contributed by atoms with Gasteiger partial charge < -0.3 is 10.2 Å². The summed E-state index contributed by atoms with van der Waals surface area (Å²) in [5, 5.41) is 3.02. The number of nitrogens with one attached hydrogen (secondary N) is 1. The number of carbonyl (C=O) groups is 1. The summed E-state index contributed by atoms with van der Waals surface area (Å²) in [4.78, 5) is 18.1. The first-order valence-corrected chi connectivity index (χ1v) is 5.66. The molecule has 1 amide bonds. The molecule has 16 heavy (non-hydrogen) atoms. The number of pyridine rings is 1. The summed E-state index contributed by atoms with van der Waals surface area (Å²) in [7, 11) is 2.08. The Morgan fingerprint density at radius 3 is 3.12 bits per heavy atom. The van der Waals surface area contributed by atoms with Crippen molar-refractivity contribution in [2.45, 2.75) is 18.9 Å². The molecule has 1 aromatic rings. The summed E-state index contributed by atoms with van der Waals surface area (Å²) in [5.74, 6) is -0.0686. The minimum Gasteiger partial charge on any atom is -0.347 e. The van der Waals surface area contributed by atoms with Gasteiger partial charge in [0.05, 0.1) is 0 Å². The van der Waals surface area contributed by atoms with E-state index >= 15 is 0 Å². The standard InChI is InChI=1S/C12H17N3O/c1-15-8-4-5-10(9-15)14-12(16)11-6-2-3-7-13-11/h2-3,6-7,10H,4-5,8-9H2,1H3,(H,14,16). The van der Waals surface area contributed by atoms with Crippen LogP contribution in [-0.4, -0.2) is 42.0 Å². The zero-order chi connectivity index (χ0) is 11.4. The molecule has 0 aromatic carbocycles. The van der Waals surface area contributed by atoms with Crippen molar-refractivity contribution in [2.24, 2.45) is 0 Å². The largest absolute Gasteiger partial charge is 0.347 e. The van der Waals surface area contributed by atoms with Crippen LogP contribution in [0.2, 0.25) is 0 Å². The smallest absolute Gasteiger partial charge is 0.270 e. The van der Waals surface area contributed by atoms with Crippen LogP contribution in [0.25, 0.3) is 0 Å². The third-order valence-corrected chi connectivity index (χ3v) is 2.86. The van der Waals surface area contributed by atoms with Crippen molar-refractivity contribution in [3.8, 4) is 0 Å². The first-order valence-electron chi connectivity index (χ1n) is 5.66. The predicted molar refractivity (Wildman–Crippen MR) is 62.2 cm³/mol. The summed E-state index contributed by atoms with van der Waals surface area (Å²) in [6, 6.07) is 5.63. The summed E-state index contributed by atoms with van der Waals surface area (Å²) in [5.41, 5.74) is 0.496. The number of likely N-dealkylation sites (tertiary alicyclic amines) is 1. The second-order valence-electron chi connectivity index (χ2n) is 4.29. The van der Waals surface area contributed by atoms with E-state index in [2.05, 4.69) is 22.2 Å². The van der Waals surface area contributed by atoms with Crippen LogP contribution in [0.5, 0.6) is 0 Å². The van der Waals surface area contributed by atoms with Crippen molar-refractivity contribution in [1.29, 1.82) is 0 Å². The lowest BCUT2D eigenvalue weighted by molar-refractivity contribution is 0.0907. The van der Waals surface area contributed by atoms with Crippen molar-refractivity contribution in [2.75, 3.05) is 20.1 Å². The van der Waals surface area contributed by atoms with Crippen molar-refractivity contribution >= 4 is 5.91 Å². The zero-order valence-corrected chi connectivity index (χ0v) is 9.52. The molecule has 0 spiro atoms. The molecular weight excluding hydrogens is 202 g/mol. The number of rotatable bonds is 2. The Labute approximate surface area is 95.7 Å². The molecule has 1 aliphatic heterocycles. The predicted octanol–water partition coefficient (Wildman–Crippen LogP) is 0.906. The molecule has 0 saturated carbocycles. The van der Waals surface area contributed by atoms with Gasteiger partial charge in [0.15, 0.2) is 0 Å². The van der Waals surface area contributed by atoms with Crippen LogP contribution in [0.15, 0.2) is 24.4 Å². The first-order chi connectivity index (χ1) is 7.75. The van der Waals surface area contributed by atoms with Crippen LogP contribution < -0.4 is 5.32 Å². The Balaban J connectivity index is 1.92. The van der Waals surface area contributed by atoms with E-state index in [9.17, 15) is 4.79 Å². The molecule has 1 aromatic heterocycles. The van der Waals surface area contributed by atoms with Crippen LogP contribution >= 0.6 is 0 Å². The maximum absolute atomic E-state index is 11.8. The van der Waals surface area contributed by atoms with Gasteiger partial charge in [-0.25, -0.2) is 0 Å². The molecule has 1 N–H and O–H groups in total. The Kier molecular flexibility index (Phi) is 3.51. The molecule has 0 aliphatic carbocycles. The molecule has 4 nitrogen and oxygen atoms in total. The number of aromatic nitrogens is 1. The van der Waals surface area contributed by atoms with Gasteiger partial charge in [0, 0.05) is 18.8 Å². The first kappa shape index (κ1) is 11.1. The second kappa shape index (κ2) is 5.07. The quantitative estimate of drug-likeness (QED) is 0.804. The van der Waals surface area contributed by atoms with Gasteiger partial charge in [0.2, 0.25) is 0 Å². The minimum atomic E-state index is -0.0686. The van der Waals surface area contributed by atoms with Gasteiger partial charge in [0.1, 0.15) is 5.69 Å². The van der Waals surface area contributed by atoms with Gasteiger partial charge >= 0.3 is 0 Å². The second-order valence-corrected chi connectivity index (χ2v) is 4.29. The Hall–Kier alpha value is -1.42. The molecule has 4 heteroatoms. The number of likely N-dealkylation sites (N-methyl/N-ethyl adjacent to an activating group) is 1. The highest BCUT2D eigenvalue weighted by Crippen LogP contribution is 2.08. The fourth-order valence-electron chi connectivity index (χ4n) is 2.04. The highest BCUT2D eigenvalue weighted by Gasteiger charge is 2.19. The van der Waals surface area contributed by atoms with Crippen molar-refractivity contribution in [3.05, 3.63) is 30.1 Å². The van der Waals surface area contributed by atoms with Gasteiger partial charge in [-0.3, -0.25) is 9.78 Å². The average molecular weight is 219 g/mol. The van der Waals surface area contributed by atoms with Crippen LogP contribution in [0.1, 0.15) is 23.3 Å². The minimum absolute atomic E-state index is 0.0686. The van der Waals surface area contributed by atoms with E-state index in [-0.39, 0.29) is 11.9 Å². The van der Waals surface area contributed by atoms with Crippen molar-refractivity contribution < 1.29 is 4.79 Å². The molecule has 0 bridgehead atoms. The van der Waals surface area contributed by atoms with Crippen LogP contribution in [-0.2, 0) is 0 Å². The normalized spacial score (nSPS) is 21.7. The van der Waals surface area contributed by atoms with E-state index in [4.69, 9.17) is 0 Å². The van der Waals surface area contributed by atoms with Gasteiger partial charge in [-0.15, -0.1) is 0 Å². The van der Waals surface area contributed by atoms with Crippen LogP contribution in [0.4, 0.5) is 0 Å². The van der Waals surface area contributed by atoms with E-state index in [1.54, 1.807) is 12.3 Å². The van der Waals surface area contributed by atoms with E-state index in [0.29, 0.717) is 5.69 Å². The summed E-state index contributed by atoms with van der Waals surface area (Å²) in [6.45, 7) is 2.05. The molecule has 2 heterocycles.